The summed E-state index contributed by atoms with van der Waals surface area (Å²) in [5.41, 5.74) is 1.49. The maximum absolute atomic E-state index is 12.3. The second-order valence-electron chi connectivity index (χ2n) is 5.32. The van der Waals surface area contributed by atoms with E-state index >= 15 is 0 Å². The van der Waals surface area contributed by atoms with Crippen LogP contribution in [0.1, 0.15) is 29.1 Å². The van der Waals surface area contributed by atoms with Crippen LogP contribution in [0.2, 0.25) is 0 Å². The van der Waals surface area contributed by atoms with Gasteiger partial charge in [0.05, 0.1) is 5.69 Å². The molecule has 2 heterocycles. The number of carbonyl (C=O) groups is 1. The molecule has 1 aromatic heterocycles. The standard InChI is InChI=1S/C16H19N3O2.ClH/c1-11-14(15(20)19-13-8-5-9-17-10-13)21-16(18-11)12-6-3-2-4-7-12;/h2-4,6-7,13,17H,5,8-10H2,1H3,(H,19,20);1H. The summed E-state index contributed by atoms with van der Waals surface area (Å²) < 4.78 is 5.66. The Morgan fingerprint density at radius 2 is 2.14 bits per heavy atom. The number of carbonyl (C=O) groups excluding carboxylic acids is 1. The van der Waals surface area contributed by atoms with Crippen molar-refractivity contribution in [3.05, 3.63) is 41.8 Å². The van der Waals surface area contributed by atoms with Crippen LogP contribution in [-0.2, 0) is 0 Å². The first-order valence-electron chi connectivity index (χ1n) is 7.28. The molecule has 1 aliphatic rings. The molecule has 22 heavy (non-hydrogen) atoms. The number of hydrogen-bond donors (Lipinski definition) is 2. The van der Waals surface area contributed by atoms with Crippen LogP contribution in [0.4, 0.5) is 0 Å². The van der Waals surface area contributed by atoms with Gasteiger partial charge >= 0.3 is 0 Å². The summed E-state index contributed by atoms with van der Waals surface area (Å²) in [6.45, 7) is 3.63. The number of piperidine rings is 1. The molecular weight excluding hydrogens is 302 g/mol. The molecule has 5 nitrogen and oxygen atoms in total. The summed E-state index contributed by atoms with van der Waals surface area (Å²) in [5, 5.41) is 6.28. The van der Waals surface area contributed by atoms with E-state index in [9.17, 15) is 4.79 Å². The highest BCUT2D eigenvalue weighted by molar-refractivity contribution is 5.93. The van der Waals surface area contributed by atoms with Gasteiger partial charge in [0, 0.05) is 18.2 Å². The van der Waals surface area contributed by atoms with Gasteiger partial charge in [0.25, 0.3) is 5.91 Å². The van der Waals surface area contributed by atoms with Crippen LogP contribution < -0.4 is 10.6 Å². The number of oxazole rings is 1. The first-order chi connectivity index (χ1) is 10.2. The van der Waals surface area contributed by atoms with Crippen molar-refractivity contribution in [2.45, 2.75) is 25.8 Å². The third kappa shape index (κ3) is 3.67. The summed E-state index contributed by atoms with van der Waals surface area (Å²) >= 11 is 0. The Kier molecular flexibility index (Phi) is 5.57. The van der Waals surface area contributed by atoms with E-state index in [2.05, 4.69) is 15.6 Å². The zero-order chi connectivity index (χ0) is 14.7. The number of nitrogens with one attached hydrogen (secondary N) is 2. The van der Waals surface area contributed by atoms with Gasteiger partial charge in [-0.3, -0.25) is 4.79 Å². The van der Waals surface area contributed by atoms with Crippen LogP contribution in [0, 0.1) is 6.92 Å². The van der Waals surface area contributed by atoms with E-state index < -0.39 is 0 Å². The Balaban J connectivity index is 0.00000176. The molecular formula is C16H20ClN3O2. The second-order valence-corrected chi connectivity index (χ2v) is 5.32. The van der Waals surface area contributed by atoms with E-state index in [1.54, 1.807) is 6.92 Å². The van der Waals surface area contributed by atoms with Gasteiger partial charge in [-0.2, -0.15) is 0 Å². The first kappa shape index (κ1) is 16.5. The smallest absolute Gasteiger partial charge is 0.289 e. The maximum Gasteiger partial charge on any atom is 0.289 e. The van der Waals surface area contributed by atoms with Crippen LogP contribution in [0.5, 0.6) is 0 Å². The highest BCUT2D eigenvalue weighted by atomic mass is 35.5. The molecule has 1 unspecified atom stereocenters. The van der Waals surface area contributed by atoms with Crippen molar-refractivity contribution in [3.8, 4) is 11.5 Å². The lowest BCUT2D eigenvalue weighted by Crippen LogP contribution is -2.45. The third-order valence-electron chi connectivity index (χ3n) is 3.66. The molecule has 118 valence electrons. The molecule has 2 aromatic rings. The SMILES string of the molecule is Cc1nc(-c2ccccc2)oc1C(=O)NC1CCCNC1.Cl. The summed E-state index contributed by atoms with van der Waals surface area (Å²) in [6.07, 6.45) is 2.08. The number of amides is 1. The number of nitrogens with zero attached hydrogens (tertiary/aromatic N) is 1. The van der Waals surface area contributed by atoms with Gasteiger partial charge in [-0.1, -0.05) is 18.2 Å². The molecule has 0 saturated carbocycles. The Hall–Kier alpha value is -1.85. The van der Waals surface area contributed by atoms with Crippen LogP contribution in [0.25, 0.3) is 11.5 Å². The molecule has 1 amide bonds. The second kappa shape index (κ2) is 7.42. The van der Waals surface area contributed by atoms with Crippen molar-refractivity contribution >= 4 is 18.3 Å². The Labute approximate surface area is 135 Å². The maximum atomic E-state index is 12.3. The van der Waals surface area contributed by atoms with Gasteiger partial charge in [0.2, 0.25) is 11.7 Å². The molecule has 1 aliphatic heterocycles. The summed E-state index contributed by atoms with van der Waals surface area (Å²) in [7, 11) is 0. The molecule has 1 aromatic carbocycles. The molecule has 1 atom stereocenters. The van der Waals surface area contributed by atoms with Gasteiger partial charge < -0.3 is 15.1 Å². The summed E-state index contributed by atoms with van der Waals surface area (Å²) in [4.78, 5) is 16.7. The van der Waals surface area contributed by atoms with Crippen LogP contribution in [0.3, 0.4) is 0 Å². The van der Waals surface area contributed by atoms with Crippen LogP contribution in [0.15, 0.2) is 34.7 Å². The minimum Gasteiger partial charge on any atom is -0.431 e. The molecule has 2 N–H and O–H groups in total. The van der Waals surface area contributed by atoms with Crippen molar-refractivity contribution in [1.29, 1.82) is 0 Å². The molecule has 0 bridgehead atoms. The topological polar surface area (TPSA) is 67.2 Å². The molecule has 0 aliphatic carbocycles. The predicted molar refractivity (Wildman–Crippen MR) is 87.3 cm³/mol. The first-order valence-corrected chi connectivity index (χ1v) is 7.28. The highest BCUT2D eigenvalue weighted by Gasteiger charge is 2.22. The van der Waals surface area contributed by atoms with E-state index in [1.807, 2.05) is 30.3 Å². The fourth-order valence-corrected chi connectivity index (χ4v) is 2.54. The molecule has 0 radical (unpaired) electrons. The minimum absolute atomic E-state index is 0. The van der Waals surface area contributed by atoms with Gasteiger partial charge in [0.1, 0.15) is 0 Å². The van der Waals surface area contributed by atoms with Crippen LogP contribution >= 0.6 is 12.4 Å². The van der Waals surface area contributed by atoms with Crippen molar-refractivity contribution in [3.63, 3.8) is 0 Å². The predicted octanol–water partition coefficient (Wildman–Crippen LogP) is 2.55. The average Bonchev–Trinajstić information content (AvgIpc) is 2.91. The molecule has 0 spiro atoms. The van der Waals surface area contributed by atoms with Crippen molar-refractivity contribution in [1.82, 2.24) is 15.6 Å². The van der Waals surface area contributed by atoms with E-state index in [1.165, 1.54) is 0 Å². The molecule has 1 fully saturated rings. The monoisotopic (exact) mass is 321 g/mol. The number of halogens is 1. The van der Waals surface area contributed by atoms with Crippen molar-refractivity contribution < 1.29 is 9.21 Å². The third-order valence-corrected chi connectivity index (χ3v) is 3.66. The lowest BCUT2D eigenvalue weighted by Gasteiger charge is -2.23. The number of benzene rings is 1. The quantitative estimate of drug-likeness (QED) is 0.911. The average molecular weight is 322 g/mol. The molecule has 1 saturated heterocycles. The fraction of sp³-hybridized carbons (Fsp3) is 0.375. The lowest BCUT2D eigenvalue weighted by atomic mass is 10.1. The number of hydrogen-bond acceptors (Lipinski definition) is 4. The van der Waals surface area contributed by atoms with Crippen LogP contribution in [-0.4, -0.2) is 30.0 Å². The minimum atomic E-state index is -0.184. The van der Waals surface area contributed by atoms with E-state index in [0.717, 1.165) is 31.5 Å². The highest BCUT2D eigenvalue weighted by Crippen LogP contribution is 2.21. The fourth-order valence-electron chi connectivity index (χ4n) is 2.54. The number of aromatic nitrogens is 1. The molecule has 3 rings (SSSR count). The van der Waals surface area contributed by atoms with E-state index in [-0.39, 0.29) is 24.4 Å². The zero-order valence-electron chi connectivity index (χ0n) is 12.5. The Morgan fingerprint density at radius 3 is 2.82 bits per heavy atom. The van der Waals surface area contributed by atoms with Crippen molar-refractivity contribution in [2.24, 2.45) is 0 Å². The summed E-state index contributed by atoms with van der Waals surface area (Å²) in [6, 6.07) is 9.76. The Morgan fingerprint density at radius 1 is 1.36 bits per heavy atom. The van der Waals surface area contributed by atoms with Crippen molar-refractivity contribution in [2.75, 3.05) is 13.1 Å². The number of rotatable bonds is 3. The zero-order valence-corrected chi connectivity index (χ0v) is 13.3. The largest absolute Gasteiger partial charge is 0.431 e. The van der Waals surface area contributed by atoms with Gasteiger partial charge in [-0.15, -0.1) is 12.4 Å². The lowest BCUT2D eigenvalue weighted by molar-refractivity contribution is 0.0902. The van der Waals surface area contributed by atoms with E-state index in [4.69, 9.17) is 4.42 Å². The number of aryl methyl sites for hydroxylation is 1. The van der Waals surface area contributed by atoms with Gasteiger partial charge in [-0.05, 0) is 38.4 Å². The molecule has 6 heteroatoms. The summed E-state index contributed by atoms with van der Waals surface area (Å²) in [5.74, 6) is 0.607. The van der Waals surface area contributed by atoms with Gasteiger partial charge in [0.15, 0.2) is 0 Å². The Bertz CT molecular complexity index is 622. The normalized spacial score (nSPS) is 17.6. The van der Waals surface area contributed by atoms with Gasteiger partial charge in [-0.25, -0.2) is 4.98 Å². The van der Waals surface area contributed by atoms with E-state index in [0.29, 0.717) is 17.3 Å².